The molecule has 1 amide bonds. The van der Waals surface area contributed by atoms with E-state index in [0.29, 0.717) is 17.8 Å². The van der Waals surface area contributed by atoms with E-state index in [-0.39, 0.29) is 5.91 Å². The van der Waals surface area contributed by atoms with Crippen molar-refractivity contribution < 1.29 is 4.79 Å². The van der Waals surface area contributed by atoms with Gasteiger partial charge in [0.05, 0.1) is 10.4 Å². The van der Waals surface area contributed by atoms with Gasteiger partial charge in [-0.25, -0.2) is 0 Å². The molecule has 0 bridgehead atoms. The number of nitrogens with zero attached hydrogens (tertiary/aromatic N) is 1. The quantitative estimate of drug-likeness (QED) is 0.796. The van der Waals surface area contributed by atoms with E-state index in [0.717, 1.165) is 24.9 Å². The molecule has 102 valence electrons. The maximum atomic E-state index is 12.8. The van der Waals surface area contributed by atoms with E-state index in [4.69, 9.17) is 18.0 Å². The Hall–Kier alpha value is -0.640. The van der Waals surface area contributed by atoms with Crippen LogP contribution in [0.3, 0.4) is 0 Å². The van der Waals surface area contributed by atoms with Crippen LogP contribution in [0.15, 0.2) is 0 Å². The summed E-state index contributed by atoms with van der Waals surface area (Å²) < 4.78 is 0. The van der Waals surface area contributed by atoms with E-state index in [1.165, 1.54) is 19.3 Å². The molecule has 1 saturated heterocycles. The second-order valence-electron chi connectivity index (χ2n) is 5.81. The molecule has 18 heavy (non-hydrogen) atoms. The molecule has 2 atom stereocenters. The Morgan fingerprint density at radius 3 is 2.17 bits per heavy atom. The molecular weight excluding hydrogens is 244 g/mol. The molecule has 4 heteroatoms. The first-order valence-electron chi connectivity index (χ1n) is 7.14. The van der Waals surface area contributed by atoms with Gasteiger partial charge in [-0.1, -0.05) is 32.5 Å². The number of fused-ring (bicyclic) bond motifs is 1. The standard InChI is InChI=1S/C14H24N2OS/c1-3-14(4-2,12(15)18)13(17)16-8-10-6-5-7-11(10)9-16/h10-11H,3-9H2,1-2H3,(H2,15,18). The molecule has 2 fully saturated rings. The van der Waals surface area contributed by atoms with Gasteiger partial charge in [0.1, 0.15) is 0 Å². The predicted octanol–water partition coefficient (Wildman–Crippen LogP) is 2.34. The summed E-state index contributed by atoms with van der Waals surface area (Å²) in [5.74, 6) is 1.63. The fraction of sp³-hybridized carbons (Fsp3) is 0.857. The van der Waals surface area contributed by atoms with Crippen LogP contribution in [-0.4, -0.2) is 28.9 Å². The van der Waals surface area contributed by atoms with Gasteiger partial charge in [-0.2, -0.15) is 0 Å². The van der Waals surface area contributed by atoms with E-state index in [1.807, 2.05) is 18.7 Å². The monoisotopic (exact) mass is 268 g/mol. The summed E-state index contributed by atoms with van der Waals surface area (Å²) in [6, 6.07) is 0. The minimum Gasteiger partial charge on any atom is -0.392 e. The molecule has 0 aromatic heterocycles. The third kappa shape index (κ3) is 2.04. The van der Waals surface area contributed by atoms with Crippen molar-refractivity contribution in [3.05, 3.63) is 0 Å². The Balaban J connectivity index is 2.13. The van der Waals surface area contributed by atoms with Crippen LogP contribution in [0.2, 0.25) is 0 Å². The molecule has 0 aromatic carbocycles. The second kappa shape index (κ2) is 5.16. The van der Waals surface area contributed by atoms with Gasteiger partial charge in [0.2, 0.25) is 5.91 Å². The smallest absolute Gasteiger partial charge is 0.235 e. The minimum atomic E-state index is -0.603. The topological polar surface area (TPSA) is 46.3 Å². The van der Waals surface area contributed by atoms with E-state index in [2.05, 4.69) is 0 Å². The first-order chi connectivity index (χ1) is 8.55. The first kappa shape index (κ1) is 13.8. The lowest BCUT2D eigenvalue weighted by Gasteiger charge is -2.33. The molecular formula is C14H24N2OS. The van der Waals surface area contributed by atoms with Crippen LogP contribution < -0.4 is 5.73 Å². The van der Waals surface area contributed by atoms with Crippen molar-refractivity contribution in [2.75, 3.05) is 13.1 Å². The largest absolute Gasteiger partial charge is 0.392 e. The molecule has 3 nitrogen and oxygen atoms in total. The summed E-state index contributed by atoms with van der Waals surface area (Å²) in [5, 5.41) is 0. The van der Waals surface area contributed by atoms with Gasteiger partial charge in [-0.15, -0.1) is 0 Å². The van der Waals surface area contributed by atoms with Crippen LogP contribution in [0.4, 0.5) is 0 Å². The number of hydrogen-bond acceptors (Lipinski definition) is 2. The zero-order chi connectivity index (χ0) is 13.3. The third-order valence-corrected chi connectivity index (χ3v) is 5.49. The number of hydrogen-bond donors (Lipinski definition) is 1. The second-order valence-corrected chi connectivity index (χ2v) is 6.25. The summed E-state index contributed by atoms with van der Waals surface area (Å²) in [6.07, 6.45) is 5.33. The van der Waals surface area contributed by atoms with Crippen molar-refractivity contribution in [3.8, 4) is 0 Å². The summed E-state index contributed by atoms with van der Waals surface area (Å²) in [5.41, 5.74) is 5.26. The van der Waals surface area contributed by atoms with E-state index in [1.54, 1.807) is 0 Å². The molecule has 1 aliphatic carbocycles. The highest BCUT2D eigenvalue weighted by Gasteiger charge is 2.46. The molecule has 1 saturated carbocycles. The summed E-state index contributed by atoms with van der Waals surface area (Å²) in [7, 11) is 0. The maximum absolute atomic E-state index is 12.8. The number of rotatable bonds is 4. The number of amides is 1. The Labute approximate surface area is 115 Å². The lowest BCUT2D eigenvalue weighted by atomic mass is 9.80. The SMILES string of the molecule is CCC(CC)(C(=O)N1CC2CCCC2C1)C(N)=S. The summed E-state index contributed by atoms with van der Waals surface area (Å²) in [4.78, 5) is 15.2. The number of nitrogens with two attached hydrogens (primary N) is 1. The zero-order valence-corrected chi connectivity index (χ0v) is 12.3. The van der Waals surface area contributed by atoms with Crippen molar-refractivity contribution in [1.29, 1.82) is 0 Å². The van der Waals surface area contributed by atoms with Gasteiger partial charge in [-0.3, -0.25) is 4.79 Å². The van der Waals surface area contributed by atoms with Crippen molar-refractivity contribution in [1.82, 2.24) is 4.90 Å². The highest BCUT2D eigenvalue weighted by Crippen LogP contribution is 2.40. The highest BCUT2D eigenvalue weighted by molar-refractivity contribution is 7.80. The maximum Gasteiger partial charge on any atom is 0.235 e. The van der Waals surface area contributed by atoms with Crippen LogP contribution in [0.5, 0.6) is 0 Å². The van der Waals surface area contributed by atoms with Crippen LogP contribution >= 0.6 is 12.2 Å². The first-order valence-corrected chi connectivity index (χ1v) is 7.55. The van der Waals surface area contributed by atoms with E-state index < -0.39 is 5.41 Å². The number of likely N-dealkylation sites (tertiary alicyclic amines) is 1. The summed E-state index contributed by atoms with van der Waals surface area (Å²) >= 11 is 5.17. The van der Waals surface area contributed by atoms with E-state index >= 15 is 0 Å². The lowest BCUT2D eigenvalue weighted by Crippen LogP contribution is -2.49. The molecule has 0 radical (unpaired) electrons. The lowest BCUT2D eigenvalue weighted by molar-refractivity contribution is -0.137. The average Bonchev–Trinajstić information content (AvgIpc) is 2.90. The normalized spacial score (nSPS) is 27.3. The predicted molar refractivity (Wildman–Crippen MR) is 77.2 cm³/mol. The summed E-state index contributed by atoms with van der Waals surface area (Å²) in [6.45, 7) is 5.87. The van der Waals surface area contributed by atoms with Gasteiger partial charge in [0.15, 0.2) is 0 Å². The number of thiocarbonyl (C=S) groups is 1. The van der Waals surface area contributed by atoms with Crippen molar-refractivity contribution >= 4 is 23.1 Å². The molecule has 2 aliphatic rings. The van der Waals surface area contributed by atoms with Crippen LogP contribution in [0.25, 0.3) is 0 Å². The zero-order valence-electron chi connectivity index (χ0n) is 11.4. The Kier molecular flexibility index (Phi) is 3.95. The fourth-order valence-electron chi connectivity index (χ4n) is 3.71. The van der Waals surface area contributed by atoms with Gasteiger partial charge < -0.3 is 10.6 Å². The van der Waals surface area contributed by atoms with Gasteiger partial charge in [0, 0.05) is 13.1 Å². The van der Waals surface area contributed by atoms with Crippen LogP contribution in [0, 0.1) is 17.3 Å². The molecule has 2 unspecified atom stereocenters. The molecule has 2 rings (SSSR count). The molecule has 0 aromatic rings. The average molecular weight is 268 g/mol. The Morgan fingerprint density at radius 2 is 1.78 bits per heavy atom. The Morgan fingerprint density at radius 1 is 1.28 bits per heavy atom. The van der Waals surface area contributed by atoms with Crippen molar-refractivity contribution in [2.24, 2.45) is 23.0 Å². The van der Waals surface area contributed by atoms with Gasteiger partial charge >= 0.3 is 0 Å². The fourth-order valence-corrected chi connectivity index (χ4v) is 4.09. The molecule has 0 spiro atoms. The Bertz CT molecular complexity index is 340. The molecule has 1 aliphatic heterocycles. The van der Waals surface area contributed by atoms with Crippen LogP contribution in [0.1, 0.15) is 46.0 Å². The third-order valence-electron chi connectivity index (χ3n) is 5.10. The van der Waals surface area contributed by atoms with Gasteiger partial charge in [0.25, 0.3) is 0 Å². The van der Waals surface area contributed by atoms with Crippen LogP contribution in [-0.2, 0) is 4.79 Å². The minimum absolute atomic E-state index is 0.175. The molecule has 2 N–H and O–H groups in total. The van der Waals surface area contributed by atoms with Crippen molar-refractivity contribution in [2.45, 2.75) is 46.0 Å². The van der Waals surface area contributed by atoms with Crippen molar-refractivity contribution in [3.63, 3.8) is 0 Å². The van der Waals surface area contributed by atoms with E-state index in [9.17, 15) is 4.79 Å². The number of carbonyl (C=O) groups excluding carboxylic acids is 1. The number of carbonyl (C=O) groups is 1. The highest BCUT2D eigenvalue weighted by atomic mass is 32.1. The molecule has 1 heterocycles. The van der Waals surface area contributed by atoms with Gasteiger partial charge in [-0.05, 0) is 37.5 Å².